The minimum Gasteiger partial charge on any atom is -0.282 e. The van der Waals surface area contributed by atoms with Crippen molar-refractivity contribution in [2.24, 2.45) is 0 Å². The van der Waals surface area contributed by atoms with Crippen LogP contribution in [-0.4, -0.2) is 13.0 Å². The van der Waals surface area contributed by atoms with Gasteiger partial charge in [0, 0.05) is 0 Å². The van der Waals surface area contributed by atoms with E-state index in [0.717, 1.165) is 12.8 Å². The lowest BCUT2D eigenvalue weighted by Crippen LogP contribution is -2.01. The van der Waals surface area contributed by atoms with Gasteiger partial charge >= 0.3 is 0 Å². The Morgan fingerprint density at radius 1 is 1.11 bits per heavy atom. The van der Waals surface area contributed by atoms with Crippen molar-refractivity contribution >= 4 is 15.0 Å². The van der Waals surface area contributed by atoms with Crippen molar-refractivity contribution in [2.75, 3.05) is 0 Å². The molecule has 1 aromatic carbocycles. The highest BCUT2D eigenvalue weighted by atomic mass is 32.2. The van der Waals surface area contributed by atoms with Gasteiger partial charge in [-0.2, -0.15) is 8.42 Å². The summed E-state index contributed by atoms with van der Waals surface area (Å²) in [5.41, 5.74) is 0.540. The second kappa shape index (κ2) is 8.12. The minimum absolute atomic E-state index is 0.0172. The first kappa shape index (κ1) is 15.9. The van der Waals surface area contributed by atoms with Crippen LogP contribution in [0, 0.1) is 0 Å². The zero-order valence-electron chi connectivity index (χ0n) is 11.4. The summed E-state index contributed by atoms with van der Waals surface area (Å²) in [7, 11) is -4.15. The number of hydrogen-bond acceptors (Lipinski definition) is 2. The monoisotopic (exact) mass is 282 g/mol. The van der Waals surface area contributed by atoms with Crippen LogP contribution in [0.1, 0.15) is 51.0 Å². The number of hydrogen-bond donors (Lipinski definition) is 1. The van der Waals surface area contributed by atoms with Gasteiger partial charge in [-0.1, -0.05) is 69.0 Å². The summed E-state index contributed by atoms with van der Waals surface area (Å²) in [5.74, 6) is 0. The lowest BCUT2D eigenvalue weighted by molar-refractivity contribution is 0.496. The van der Waals surface area contributed by atoms with Gasteiger partial charge < -0.3 is 0 Å². The van der Waals surface area contributed by atoms with Gasteiger partial charge in [0.1, 0.15) is 0 Å². The lowest BCUT2D eigenvalue weighted by Gasteiger charge is -2.04. The van der Waals surface area contributed by atoms with Crippen LogP contribution in [0.25, 0.3) is 4.91 Å². The Bertz CT molecular complexity index is 489. The molecular weight excluding hydrogens is 260 g/mol. The Morgan fingerprint density at radius 3 is 2.32 bits per heavy atom. The van der Waals surface area contributed by atoms with Crippen LogP contribution in [0.3, 0.4) is 0 Å². The molecule has 19 heavy (non-hydrogen) atoms. The van der Waals surface area contributed by atoms with Crippen LogP contribution >= 0.6 is 0 Å². The quantitative estimate of drug-likeness (QED) is 0.572. The Hall–Kier alpha value is -1.13. The SMILES string of the molecule is CCCCCCCC=C(c1ccccc1)S(=O)(=O)O. The van der Waals surface area contributed by atoms with Gasteiger partial charge in [-0.3, -0.25) is 4.55 Å². The minimum atomic E-state index is -4.15. The van der Waals surface area contributed by atoms with Gasteiger partial charge in [0.25, 0.3) is 10.1 Å². The fourth-order valence-corrected chi connectivity index (χ4v) is 2.72. The van der Waals surface area contributed by atoms with Gasteiger partial charge in [0.2, 0.25) is 0 Å². The second-order valence-electron chi connectivity index (χ2n) is 4.61. The number of benzene rings is 1. The number of rotatable bonds is 8. The Kier molecular flexibility index (Phi) is 6.81. The first-order valence-corrected chi connectivity index (χ1v) is 8.22. The summed E-state index contributed by atoms with van der Waals surface area (Å²) in [5, 5.41) is 0. The zero-order valence-corrected chi connectivity index (χ0v) is 12.2. The maximum Gasteiger partial charge on any atom is 0.294 e. The van der Waals surface area contributed by atoms with Gasteiger partial charge in [-0.05, 0) is 18.4 Å². The van der Waals surface area contributed by atoms with Crippen molar-refractivity contribution < 1.29 is 13.0 Å². The molecule has 106 valence electrons. The van der Waals surface area contributed by atoms with E-state index in [1.54, 1.807) is 30.3 Å². The van der Waals surface area contributed by atoms with E-state index in [1.807, 2.05) is 6.07 Å². The van der Waals surface area contributed by atoms with Crippen molar-refractivity contribution in [2.45, 2.75) is 45.4 Å². The molecule has 0 saturated heterocycles. The van der Waals surface area contributed by atoms with Crippen molar-refractivity contribution in [3.63, 3.8) is 0 Å². The Balaban J connectivity index is 2.66. The van der Waals surface area contributed by atoms with E-state index >= 15 is 0 Å². The molecule has 0 amide bonds. The summed E-state index contributed by atoms with van der Waals surface area (Å²) in [6.45, 7) is 2.16. The number of allylic oxidation sites excluding steroid dienone is 1. The van der Waals surface area contributed by atoms with E-state index in [4.69, 9.17) is 0 Å². The summed E-state index contributed by atoms with van der Waals surface area (Å²) < 4.78 is 32.0. The molecule has 0 aliphatic rings. The number of unbranched alkanes of at least 4 members (excludes halogenated alkanes) is 5. The van der Waals surface area contributed by atoms with Crippen molar-refractivity contribution in [3.8, 4) is 0 Å². The first-order valence-electron chi connectivity index (χ1n) is 6.78. The molecule has 0 spiro atoms. The predicted octanol–water partition coefficient (Wildman–Crippen LogP) is 4.28. The molecule has 0 radical (unpaired) electrons. The third kappa shape index (κ3) is 6.03. The maximum atomic E-state index is 11.4. The lowest BCUT2D eigenvalue weighted by atomic mass is 10.1. The fourth-order valence-electron chi connectivity index (χ4n) is 1.96. The van der Waals surface area contributed by atoms with E-state index < -0.39 is 10.1 Å². The summed E-state index contributed by atoms with van der Waals surface area (Å²) in [4.78, 5) is 0.0172. The molecule has 4 heteroatoms. The Morgan fingerprint density at radius 2 is 1.74 bits per heavy atom. The molecule has 1 N–H and O–H groups in total. The summed E-state index contributed by atoms with van der Waals surface area (Å²) in [6, 6.07) is 8.72. The van der Waals surface area contributed by atoms with Crippen molar-refractivity contribution in [1.29, 1.82) is 0 Å². The fraction of sp³-hybridized carbons (Fsp3) is 0.467. The highest BCUT2D eigenvalue weighted by Crippen LogP contribution is 2.21. The van der Waals surface area contributed by atoms with Gasteiger partial charge in [-0.15, -0.1) is 0 Å². The molecule has 0 heterocycles. The van der Waals surface area contributed by atoms with Gasteiger partial charge in [-0.25, -0.2) is 0 Å². The average molecular weight is 282 g/mol. The molecule has 0 aliphatic carbocycles. The summed E-state index contributed by atoms with van der Waals surface area (Å²) >= 11 is 0. The van der Waals surface area contributed by atoms with Crippen LogP contribution in [0.5, 0.6) is 0 Å². The van der Waals surface area contributed by atoms with Gasteiger partial charge in [0.05, 0.1) is 4.91 Å². The smallest absolute Gasteiger partial charge is 0.282 e. The first-order chi connectivity index (χ1) is 9.05. The topological polar surface area (TPSA) is 54.4 Å². The molecule has 0 aliphatic heterocycles. The molecule has 1 rings (SSSR count). The van der Waals surface area contributed by atoms with Crippen molar-refractivity contribution in [3.05, 3.63) is 42.0 Å². The maximum absolute atomic E-state index is 11.4. The predicted molar refractivity (Wildman–Crippen MR) is 79.3 cm³/mol. The van der Waals surface area contributed by atoms with Crippen LogP contribution in [0.4, 0.5) is 0 Å². The average Bonchev–Trinajstić information content (AvgIpc) is 2.37. The normalized spacial score (nSPS) is 12.6. The Labute approximate surface area is 116 Å². The van der Waals surface area contributed by atoms with E-state index in [1.165, 1.54) is 19.3 Å². The van der Waals surface area contributed by atoms with Crippen molar-refractivity contribution in [1.82, 2.24) is 0 Å². The van der Waals surface area contributed by atoms with Crippen LogP contribution in [0.2, 0.25) is 0 Å². The highest BCUT2D eigenvalue weighted by molar-refractivity contribution is 7.95. The van der Waals surface area contributed by atoms with Crippen LogP contribution < -0.4 is 0 Å². The third-order valence-electron chi connectivity index (χ3n) is 2.97. The van der Waals surface area contributed by atoms with E-state index in [9.17, 15) is 13.0 Å². The van der Waals surface area contributed by atoms with Crippen LogP contribution in [-0.2, 0) is 10.1 Å². The third-order valence-corrected chi connectivity index (χ3v) is 3.93. The molecule has 0 saturated carbocycles. The van der Waals surface area contributed by atoms with Gasteiger partial charge in [0.15, 0.2) is 0 Å². The molecule has 0 bridgehead atoms. The molecule has 0 aromatic heterocycles. The molecule has 0 unspecified atom stereocenters. The molecule has 0 atom stereocenters. The second-order valence-corrected chi connectivity index (χ2v) is 6.00. The van der Waals surface area contributed by atoms with E-state index in [2.05, 4.69) is 6.92 Å². The van der Waals surface area contributed by atoms with E-state index in [0.29, 0.717) is 12.0 Å². The zero-order chi connectivity index (χ0) is 14.1. The molecular formula is C15H22O3S. The molecule has 1 aromatic rings. The molecule has 0 fully saturated rings. The van der Waals surface area contributed by atoms with Crippen LogP contribution in [0.15, 0.2) is 36.4 Å². The summed E-state index contributed by atoms with van der Waals surface area (Å²) in [6.07, 6.45) is 7.93. The molecule has 3 nitrogen and oxygen atoms in total. The van der Waals surface area contributed by atoms with E-state index in [-0.39, 0.29) is 4.91 Å². The standard InChI is InChI=1S/C15H22O3S/c1-2-3-4-5-6-10-13-15(19(16,17)18)14-11-8-7-9-12-14/h7-9,11-13H,2-6,10H2,1H3,(H,16,17,18). The largest absolute Gasteiger partial charge is 0.294 e. The highest BCUT2D eigenvalue weighted by Gasteiger charge is 2.15.